The highest BCUT2D eigenvalue weighted by molar-refractivity contribution is 6.01. The van der Waals surface area contributed by atoms with Gasteiger partial charge in [0.2, 0.25) is 5.88 Å². The first-order valence-electron chi connectivity index (χ1n) is 16.8. The normalized spacial score (nSPS) is 26.1. The molecule has 4 fully saturated rings. The van der Waals surface area contributed by atoms with E-state index in [2.05, 4.69) is 46.0 Å². The van der Waals surface area contributed by atoms with Gasteiger partial charge in [-0.05, 0) is 106 Å². The predicted octanol–water partition coefficient (Wildman–Crippen LogP) is 6.63. The summed E-state index contributed by atoms with van der Waals surface area (Å²) in [5.41, 5.74) is 3.83. The van der Waals surface area contributed by atoms with Gasteiger partial charge in [0.15, 0.2) is 0 Å². The third kappa shape index (κ3) is 5.71. The van der Waals surface area contributed by atoms with E-state index in [4.69, 9.17) is 9.73 Å². The third-order valence-electron chi connectivity index (χ3n) is 10.7. The van der Waals surface area contributed by atoms with Crippen LogP contribution in [0, 0.1) is 5.82 Å². The number of aliphatic imine (C=N–C) groups is 1. The van der Waals surface area contributed by atoms with Gasteiger partial charge in [0.25, 0.3) is 0 Å². The summed E-state index contributed by atoms with van der Waals surface area (Å²) in [7, 11) is 0. The molecule has 0 amide bonds. The fraction of sp³-hybridized carbons (Fsp3) is 0.583. The molecule has 0 spiro atoms. The number of anilines is 1. The molecule has 7 rings (SSSR count). The summed E-state index contributed by atoms with van der Waals surface area (Å²) >= 11 is 0. The summed E-state index contributed by atoms with van der Waals surface area (Å²) in [5.74, 6) is 1.76. The number of nitrogens with zero attached hydrogens (tertiary/aromatic N) is 4. The lowest BCUT2D eigenvalue weighted by Gasteiger charge is -2.39. The zero-order chi connectivity index (χ0) is 29.4. The van der Waals surface area contributed by atoms with Crippen LogP contribution in [-0.2, 0) is 4.74 Å². The van der Waals surface area contributed by atoms with Crippen molar-refractivity contribution in [3.63, 3.8) is 0 Å². The second-order valence-corrected chi connectivity index (χ2v) is 13.6. The molecule has 1 N–H and O–H groups in total. The van der Waals surface area contributed by atoms with Gasteiger partial charge in [-0.2, -0.15) is 4.99 Å². The Labute approximate surface area is 256 Å². The zero-order valence-electron chi connectivity index (χ0n) is 26.1. The summed E-state index contributed by atoms with van der Waals surface area (Å²) in [6, 6.07) is 12.6. The highest BCUT2D eigenvalue weighted by atomic mass is 19.1. The van der Waals surface area contributed by atoms with E-state index in [1.807, 2.05) is 18.2 Å². The molecule has 43 heavy (non-hydrogen) atoms. The standard InChI is InChI=1S/C36H48FN5O/c1-3-4-13-33(43-25-36-17-7-19-42(36)20-8-18-36)39-35(41-23-28-14-15-29(24-41)38-28)30-16-21-40(22-26(30)2)32-12-6-10-27-9-5-11-31(37)34(27)32/h5-6,9-13,28-29,38H,3-4,7-8,14-25H2,1-2H3/b33-13-,39-35+. The number of halogens is 1. The Morgan fingerprint density at radius 1 is 1.07 bits per heavy atom. The predicted molar refractivity (Wildman–Crippen MR) is 174 cm³/mol. The molecule has 2 unspecified atom stereocenters. The first-order valence-corrected chi connectivity index (χ1v) is 16.8. The minimum atomic E-state index is -0.149. The minimum Gasteiger partial charge on any atom is -0.476 e. The molecule has 0 aromatic heterocycles. The summed E-state index contributed by atoms with van der Waals surface area (Å²) in [4.78, 5) is 13.0. The fourth-order valence-electron chi connectivity index (χ4n) is 8.45. The van der Waals surface area contributed by atoms with E-state index in [0.29, 0.717) is 12.1 Å². The molecule has 5 heterocycles. The van der Waals surface area contributed by atoms with Crippen molar-refractivity contribution in [2.75, 3.05) is 50.8 Å². The van der Waals surface area contributed by atoms with Gasteiger partial charge in [0, 0.05) is 49.3 Å². The van der Waals surface area contributed by atoms with E-state index < -0.39 is 0 Å². The van der Waals surface area contributed by atoms with E-state index in [1.54, 1.807) is 12.1 Å². The molecule has 2 aromatic rings. The van der Waals surface area contributed by atoms with Crippen LogP contribution in [0.1, 0.15) is 71.6 Å². The van der Waals surface area contributed by atoms with Crippen molar-refractivity contribution >= 4 is 22.3 Å². The van der Waals surface area contributed by atoms with Crippen LogP contribution in [0.2, 0.25) is 0 Å². The number of fused-ring (bicyclic) bond motifs is 4. The van der Waals surface area contributed by atoms with Gasteiger partial charge >= 0.3 is 0 Å². The number of hydrogen-bond donors (Lipinski definition) is 1. The number of hydrogen-bond acceptors (Lipinski definition) is 5. The number of piperazine rings is 1. The molecule has 2 atom stereocenters. The number of unbranched alkanes of at least 4 members (excludes halogenated alkanes) is 1. The topological polar surface area (TPSA) is 43.3 Å². The van der Waals surface area contributed by atoms with E-state index in [9.17, 15) is 0 Å². The molecule has 6 nitrogen and oxygen atoms in total. The van der Waals surface area contributed by atoms with Gasteiger partial charge in [0.05, 0.1) is 5.54 Å². The van der Waals surface area contributed by atoms with Crippen LogP contribution < -0.4 is 10.2 Å². The Balaban J connectivity index is 1.20. The van der Waals surface area contributed by atoms with Crippen LogP contribution in [0.15, 0.2) is 64.5 Å². The first-order chi connectivity index (χ1) is 21.0. The van der Waals surface area contributed by atoms with Crippen molar-refractivity contribution in [3.8, 4) is 0 Å². The highest BCUT2D eigenvalue weighted by Crippen LogP contribution is 2.40. The van der Waals surface area contributed by atoms with Gasteiger partial charge in [-0.3, -0.25) is 4.90 Å². The molecule has 0 aliphatic carbocycles. The van der Waals surface area contributed by atoms with Gasteiger partial charge in [-0.15, -0.1) is 0 Å². The van der Waals surface area contributed by atoms with Crippen molar-refractivity contribution in [2.45, 2.75) is 89.3 Å². The third-order valence-corrected chi connectivity index (χ3v) is 10.7. The Morgan fingerprint density at radius 3 is 2.53 bits per heavy atom. The van der Waals surface area contributed by atoms with E-state index in [0.717, 1.165) is 80.2 Å². The van der Waals surface area contributed by atoms with E-state index >= 15 is 4.39 Å². The van der Waals surface area contributed by atoms with Crippen LogP contribution in [0.4, 0.5) is 10.1 Å². The molecule has 2 aromatic carbocycles. The number of likely N-dealkylation sites (tertiary alicyclic amines) is 1. The summed E-state index contributed by atoms with van der Waals surface area (Å²) in [6.45, 7) is 11.2. The second kappa shape index (κ2) is 12.2. The van der Waals surface area contributed by atoms with Gasteiger partial charge < -0.3 is 19.9 Å². The Kier molecular flexibility index (Phi) is 8.21. The number of amidine groups is 1. The average molecular weight is 586 g/mol. The molecular formula is C36H48FN5O. The van der Waals surface area contributed by atoms with Crippen LogP contribution in [-0.4, -0.2) is 79.1 Å². The number of ether oxygens (including phenoxy) is 1. The Bertz CT molecular complexity index is 1400. The lowest BCUT2D eigenvalue weighted by atomic mass is 9.95. The summed E-state index contributed by atoms with van der Waals surface area (Å²) in [5, 5.41) is 5.48. The minimum absolute atomic E-state index is 0.149. The number of allylic oxidation sites excluding steroid dienone is 1. The zero-order valence-corrected chi connectivity index (χ0v) is 26.1. The lowest BCUT2D eigenvalue weighted by Crippen LogP contribution is -2.54. The van der Waals surface area contributed by atoms with E-state index in [-0.39, 0.29) is 11.4 Å². The van der Waals surface area contributed by atoms with Gasteiger partial charge in [-0.1, -0.05) is 37.6 Å². The van der Waals surface area contributed by atoms with E-state index in [1.165, 1.54) is 62.8 Å². The van der Waals surface area contributed by atoms with Crippen molar-refractivity contribution in [3.05, 3.63) is 65.3 Å². The van der Waals surface area contributed by atoms with Crippen molar-refractivity contribution in [1.82, 2.24) is 15.1 Å². The molecule has 2 bridgehead atoms. The molecule has 0 radical (unpaired) electrons. The van der Waals surface area contributed by atoms with Crippen LogP contribution in [0.3, 0.4) is 0 Å². The SMILES string of the molecule is CCC/C=C(/N=C(\C1=C(C)CN(c2cccc3cccc(F)c23)CC1)N1CC2CCC(C1)N2)OCC12CCCN1CCC2. The van der Waals surface area contributed by atoms with Crippen LogP contribution in [0.25, 0.3) is 10.8 Å². The van der Waals surface area contributed by atoms with Gasteiger partial charge in [-0.25, -0.2) is 4.39 Å². The van der Waals surface area contributed by atoms with Crippen molar-refractivity contribution in [1.29, 1.82) is 0 Å². The van der Waals surface area contributed by atoms with Crippen molar-refractivity contribution in [2.24, 2.45) is 4.99 Å². The van der Waals surface area contributed by atoms with Gasteiger partial charge in [0.1, 0.15) is 18.3 Å². The second-order valence-electron chi connectivity index (χ2n) is 13.6. The molecule has 7 heteroatoms. The smallest absolute Gasteiger partial charge is 0.211 e. The summed E-state index contributed by atoms with van der Waals surface area (Å²) < 4.78 is 21.8. The Hall–Kier alpha value is -2.90. The quantitative estimate of drug-likeness (QED) is 0.214. The maximum Gasteiger partial charge on any atom is 0.211 e. The fourth-order valence-corrected chi connectivity index (χ4v) is 8.45. The first kappa shape index (κ1) is 28.8. The van der Waals surface area contributed by atoms with Crippen LogP contribution in [0.5, 0.6) is 0 Å². The summed E-state index contributed by atoms with van der Waals surface area (Å²) in [6.07, 6.45) is 12.7. The average Bonchev–Trinajstić information content (AvgIpc) is 3.70. The number of nitrogens with one attached hydrogen (secondary N) is 1. The van der Waals surface area contributed by atoms with Crippen LogP contribution >= 0.6 is 0 Å². The number of rotatable bonds is 8. The van der Waals surface area contributed by atoms with Crippen molar-refractivity contribution < 1.29 is 9.13 Å². The maximum atomic E-state index is 15.0. The number of benzene rings is 2. The largest absolute Gasteiger partial charge is 0.476 e. The molecule has 230 valence electrons. The molecule has 0 saturated carbocycles. The molecule has 5 aliphatic rings. The highest BCUT2D eigenvalue weighted by Gasteiger charge is 2.45. The Morgan fingerprint density at radius 2 is 1.81 bits per heavy atom. The molecule has 4 saturated heterocycles. The monoisotopic (exact) mass is 585 g/mol. The lowest BCUT2D eigenvalue weighted by molar-refractivity contribution is 0.0716. The molecular weight excluding hydrogens is 537 g/mol. The molecule has 5 aliphatic heterocycles. The maximum absolute atomic E-state index is 15.0.